The van der Waals surface area contributed by atoms with Crippen molar-refractivity contribution in [3.63, 3.8) is 0 Å². The first-order chi connectivity index (χ1) is 11.0. The molecular formula is C16H17FN2O2S2. The van der Waals surface area contributed by atoms with Gasteiger partial charge in [-0.15, -0.1) is 11.3 Å². The number of hydrogen-bond donors (Lipinski definition) is 2. The molecule has 0 aliphatic heterocycles. The summed E-state index contributed by atoms with van der Waals surface area (Å²) in [6, 6.07) is 7.92. The van der Waals surface area contributed by atoms with Gasteiger partial charge in [0.25, 0.3) is 0 Å². The number of nitrogens with one attached hydrogen (secondary N) is 2. The molecule has 7 heteroatoms. The maximum absolute atomic E-state index is 13.1. The minimum Gasteiger partial charge on any atom is -0.462 e. The first-order valence-corrected chi connectivity index (χ1v) is 8.39. The summed E-state index contributed by atoms with van der Waals surface area (Å²) in [4.78, 5) is 13.4. The maximum atomic E-state index is 13.1. The van der Waals surface area contributed by atoms with Crippen molar-refractivity contribution in [2.24, 2.45) is 0 Å². The minimum atomic E-state index is -0.410. The second-order valence-electron chi connectivity index (χ2n) is 4.57. The van der Waals surface area contributed by atoms with Crippen LogP contribution in [0.5, 0.6) is 0 Å². The Hall–Kier alpha value is -1.99. The molecule has 1 aromatic heterocycles. The van der Waals surface area contributed by atoms with Crippen molar-refractivity contribution in [2.75, 3.05) is 18.5 Å². The Bertz CT molecular complexity index is 699. The fraction of sp³-hybridized carbons (Fsp3) is 0.250. The number of hydrogen-bond acceptors (Lipinski definition) is 4. The number of carbonyl (C=O) groups excluding carboxylic acids is 1. The van der Waals surface area contributed by atoms with Crippen LogP contribution in [0.25, 0.3) is 10.4 Å². The highest BCUT2D eigenvalue weighted by atomic mass is 32.1. The van der Waals surface area contributed by atoms with Crippen molar-refractivity contribution >= 4 is 40.3 Å². The number of thiophene rings is 1. The molecule has 0 amide bonds. The summed E-state index contributed by atoms with van der Waals surface area (Å²) >= 11 is 6.45. The zero-order valence-corrected chi connectivity index (χ0v) is 14.4. The summed E-state index contributed by atoms with van der Waals surface area (Å²) in [5, 5.41) is 6.41. The Morgan fingerprint density at radius 1 is 1.30 bits per heavy atom. The van der Waals surface area contributed by atoms with Gasteiger partial charge in [0.1, 0.15) is 10.7 Å². The molecule has 122 valence electrons. The van der Waals surface area contributed by atoms with Gasteiger partial charge in [0.2, 0.25) is 0 Å². The van der Waals surface area contributed by atoms with Crippen LogP contribution in [0, 0.1) is 5.82 Å². The Balaban J connectivity index is 2.36. The van der Waals surface area contributed by atoms with Crippen molar-refractivity contribution in [1.29, 1.82) is 0 Å². The average molecular weight is 352 g/mol. The van der Waals surface area contributed by atoms with Gasteiger partial charge in [-0.05, 0) is 49.8 Å². The molecule has 0 fully saturated rings. The number of esters is 1. The molecule has 0 atom stereocenters. The number of anilines is 1. The molecule has 0 saturated carbocycles. The molecule has 2 aromatic rings. The molecule has 23 heavy (non-hydrogen) atoms. The fourth-order valence-electron chi connectivity index (χ4n) is 1.92. The molecule has 0 saturated heterocycles. The lowest BCUT2D eigenvalue weighted by Crippen LogP contribution is -2.28. The lowest BCUT2D eigenvalue weighted by Gasteiger charge is -2.08. The van der Waals surface area contributed by atoms with Crippen molar-refractivity contribution in [2.45, 2.75) is 13.8 Å². The summed E-state index contributed by atoms with van der Waals surface area (Å²) in [6.07, 6.45) is 0. The van der Waals surface area contributed by atoms with Crippen LogP contribution in [-0.4, -0.2) is 24.2 Å². The normalized spacial score (nSPS) is 10.2. The van der Waals surface area contributed by atoms with Crippen LogP contribution >= 0.6 is 23.6 Å². The summed E-state index contributed by atoms with van der Waals surface area (Å²) < 4.78 is 18.2. The molecule has 0 aliphatic carbocycles. The predicted molar refractivity (Wildman–Crippen MR) is 95.6 cm³/mol. The largest absolute Gasteiger partial charge is 0.462 e. The summed E-state index contributed by atoms with van der Waals surface area (Å²) in [7, 11) is 0. The number of rotatable bonds is 5. The highest BCUT2D eigenvalue weighted by molar-refractivity contribution is 7.80. The van der Waals surface area contributed by atoms with Gasteiger partial charge in [-0.1, -0.05) is 12.1 Å². The summed E-state index contributed by atoms with van der Waals surface area (Å²) in [5.74, 6) is -0.713. The lowest BCUT2D eigenvalue weighted by atomic mass is 10.2. The van der Waals surface area contributed by atoms with Gasteiger partial charge >= 0.3 is 5.97 Å². The van der Waals surface area contributed by atoms with Crippen molar-refractivity contribution in [3.05, 3.63) is 41.0 Å². The number of halogens is 1. The van der Waals surface area contributed by atoms with E-state index in [1.165, 1.54) is 23.5 Å². The SMILES string of the molecule is CCNC(=S)Nc1cc(-c2ccc(F)cc2)sc1C(=O)OCC. The molecule has 0 bridgehead atoms. The minimum absolute atomic E-state index is 0.291. The Morgan fingerprint density at radius 3 is 2.61 bits per heavy atom. The van der Waals surface area contributed by atoms with E-state index in [4.69, 9.17) is 17.0 Å². The maximum Gasteiger partial charge on any atom is 0.350 e. The molecule has 0 spiro atoms. The third-order valence-corrected chi connectivity index (χ3v) is 4.32. The van der Waals surface area contributed by atoms with E-state index in [0.717, 1.165) is 10.4 Å². The van der Waals surface area contributed by atoms with E-state index in [2.05, 4.69) is 10.6 Å². The van der Waals surface area contributed by atoms with E-state index in [-0.39, 0.29) is 5.82 Å². The zero-order valence-electron chi connectivity index (χ0n) is 12.8. The smallest absolute Gasteiger partial charge is 0.350 e. The molecule has 0 unspecified atom stereocenters. The zero-order chi connectivity index (χ0) is 16.8. The molecule has 1 heterocycles. The Kier molecular flexibility index (Phi) is 6.06. The van der Waals surface area contributed by atoms with Crippen LogP contribution < -0.4 is 10.6 Å². The average Bonchev–Trinajstić information content (AvgIpc) is 2.92. The monoisotopic (exact) mass is 352 g/mol. The number of thiocarbonyl (C=S) groups is 1. The van der Waals surface area contributed by atoms with Crippen LogP contribution in [0.4, 0.5) is 10.1 Å². The van der Waals surface area contributed by atoms with Crippen LogP contribution in [0.15, 0.2) is 30.3 Å². The second kappa shape index (κ2) is 8.03. The van der Waals surface area contributed by atoms with E-state index in [0.29, 0.717) is 28.8 Å². The van der Waals surface area contributed by atoms with E-state index in [1.807, 2.05) is 13.0 Å². The van der Waals surface area contributed by atoms with Gasteiger partial charge in [0.15, 0.2) is 5.11 Å². The molecule has 4 nitrogen and oxygen atoms in total. The second-order valence-corrected chi connectivity index (χ2v) is 6.03. The highest BCUT2D eigenvalue weighted by Crippen LogP contribution is 2.35. The Morgan fingerprint density at radius 2 is 2.00 bits per heavy atom. The molecule has 1 aromatic carbocycles. The van der Waals surface area contributed by atoms with Crippen molar-refractivity contribution in [3.8, 4) is 10.4 Å². The van der Waals surface area contributed by atoms with Gasteiger partial charge < -0.3 is 15.4 Å². The van der Waals surface area contributed by atoms with Crippen LogP contribution in [-0.2, 0) is 4.74 Å². The van der Waals surface area contributed by atoms with E-state index < -0.39 is 5.97 Å². The van der Waals surface area contributed by atoms with Gasteiger partial charge in [0, 0.05) is 11.4 Å². The molecule has 0 radical (unpaired) electrons. The van der Waals surface area contributed by atoms with E-state index in [9.17, 15) is 9.18 Å². The standard InChI is InChI=1S/C16H17FN2O2S2/c1-3-18-16(22)19-12-9-13(10-5-7-11(17)8-6-10)23-14(12)15(20)21-4-2/h5-9H,3-4H2,1-2H3,(H2,18,19,22). The molecular weight excluding hydrogens is 335 g/mol. The number of ether oxygens (including phenoxy) is 1. The van der Waals surface area contributed by atoms with Crippen LogP contribution in [0.3, 0.4) is 0 Å². The topological polar surface area (TPSA) is 50.4 Å². The van der Waals surface area contributed by atoms with Gasteiger partial charge in [-0.2, -0.15) is 0 Å². The quantitative estimate of drug-likeness (QED) is 0.628. The summed E-state index contributed by atoms with van der Waals surface area (Å²) in [6.45, 7) is 4.65. The van der Waals surface area contributed by atoms with Crippen LogP contribution in [0.2, 0.25) is 0 Å². The van der Waals surface area contributed by atoms with Gasteiger partial charge in [-0.3, -0.25) is 0 Å². The lowest BCUT2D eigenvalue weighted by molar-refractivity contribution is 0.0533. The first-order valence-electron chi connectivity index (χ1n) is 7.16. The van der Waals surface area contributed by atoms with E-state index in [1.54, 1.807) is 19.1 Å². The number of carbonyl (C=O) groups is 1. The first kappa shape index (κ1) is 17.4. The third-order valence-electron chi connectivity index (χ3n) is 2.91. The van der Waals surface area contributed by atoms with Gasteiger partial charge in [-0.25, -0.2) is 9.18 Å². The van der Waals surface area contributed by atoms with Crippen molar-refractivity contribution in [1.82, 2.24) is 5.32 Å². The third kappa shape index (κ3) is 4.49. The van der Waals surface area contributed by atoms with Crippen LogP contribution in [0.1, 0.15) is 23.5 Å². The van der Waals surface area contributed by atoms with E-state index >= 15 is 0 Å². The van der Waals surface area contributed by atoms with Gasteiger partial charge in [0.05, 0.1) is 12.3 Å². The molecule has 0 aliphatic rings. The fourth-order valence-corrected chi connectivity index (χ4v) is 3.18. The molecule has 2 rings (SSSR count). The molecule has 2 N–H and O–H groups in total. The Labute approximate surface area is 143 Å². The highest BCUT2D eigenvalue weighted by Gasteiger charge is 2.19. The summed E-state index contributed by atoms with van der Waals surface area (Å²) in [5.41, 5.74) is 1.41. The van der Waals surface area contributed by atoms with Crippen molar-refractivity contribution < 1.29 is 13.9 Å². The predicted octanol–water partition coefficient (Wildman–Crippen LogP) is 4.04. The number of benzene rings is 1.